The minimum absolute atomic E-state index is 0.147. The van der Waals surface area contributed by atoms with Crippen LogP contribution in [0, 0.1) is 0 Å². The topological polar surface area (TPSA) is 63.2 Å². The van der Waals surface area contributed by atoms with Crippen LogP contribution in [0.15, 0.2) is 60.4 Å². The Hall–Kier alpha value is -3.48. The van der Waals surface area contributed by atoms with Gasteiger partial charge in [-0.3, -0.25) is 4.79 Å². The van der Waals surface area contributed by atoms with Gasteiger partial charge in [-0.05, 0) is 48.0 Å². The molecule has 0 N–H and O–H groups in total. The molecule has 0 saturated heterocycles. The largest absolute Gasteiger partial charge is 0.497 e. The van der Waals surface area contributed by atoms with Gasteiger partial charge in [0, 0.05) is 22.2 Å². The molecular weight excluding hydrogens is 432 g/mol. The van der Waals surface area contributed by atoms with Crippen LogP contribution in [0.4, 0.5) is 0 Å². The molecule has 32 heavy (non-hydrogen) atoms. The molecular formula is C25H19ClO6. The number of carbonyl (C=O) groups excluding carboxylic acids is 1. The highest BCUT2D eigenvalue weighted by Crippen LogP contribution is 2.38. The van der Waals surface area contributed by atoms with Crippen molar-refractivity contribution in [1.82, 2.24) is 0 Å². The van der Waals surface area contributed by atoms with Crippen LogP contribution in [0.2, 0.25) is 5.02 Å². The zero-order valence-electron chi connectivity index (χ0n) is 17.2. The predicted octanol–water partition coefficient (Wildman–Crippen LogP) is 5.41. The van der Waals surface area contributed by atoms with Crippen LogP contribution in [-0.4, -0.2) is 19.7 Å². The molecule has 0 aliphatic carbocycles. The average Bonchev–Trinajstić information content (AvgIpc) is 3.12. The fourth-order valence-electron chi connectivity index (χ4n) is 3.64. The first-order valence-corrected chi connectivity index (χ1v) is 10.4. The number of ether oxygens (including phenoxy) is 5. The quantitative estimate of drug-likeness (QED) is 0.484. The third-order valence-electron chi connectivity index (χ3n) is 5.17. The molecule has 3 aromatic rings. The summed E-state index contributed by atoms with van der Waals surface area (Å²) >= 11 is 6.23. The third kappa shape index (κ3) is 4.02. The first-order valence-electron chi connectivity index (χ1n) is 9.98. The summed E-state index contributed by atoms with van der Waals surface area (Å²) in [5, 5.41) is 0.529. The summed E-state index contributed by atoms with van der Waals surface area (Å²) in [7, 11) is 1.62. The van der Waals surface area contributed by atoms with Crippen LogP contribution in [0.5, 0.6) is 23.0 Å². The van der Waals surface area contributed by atoms with Crippen molar-refractivity contribution in [2.45, 2.75) is 13.2 Å². The van der Waals surface area contributed by atoms with Gasteiger partial charge in [-0.25, -0.2) is 0 Å². The lowest BCUT2D eigenvalue weighted by Gasteiger charge is -2.20. The van der Waals surface area contributed by atoms with Gasteiger partial charge in [-0.15, -0.1) is 0 Å². The van der Waals surface area contributed by atoms with Gasteiger partial charge in [-0.2, -0.15) is 0 Å². The Morgan fingerprint density at radius 1 is 1.09 bits per heavy atom. The normalized spacial score (nSPS) is 15.6. The highest BCUT2D eigenvalue weighted by Gasteiger charge is 2.28. The van der Waals surface area contributed by atoms with Crippen molar-refractivity contribution in [2.75, 3.05) is 13.9 Å². The van der Waals surface area contributed by atoms with Crippen LogP contribution >= 0.6 is 11.6 Å². The molecule has 3 aromatic carbocycles. The zero-order valence-corrected chi connectivity index (χ0v) is 18.0. The van der Waals surface area contributed by atoms with Crippen LogP contribution < -0.4 is 18.9 Å². The molecule has 0 atom stereocenters. The summed E-state index contributed by atoms with van der Waals surface area (Å²) in [5.41, 5.74) is 2.94. The number of hydrogen-bond acceptors (Lipinski definition) is 6. The van der Waals surface area contributed by atoms with E-state index in [0.29, 0.717) is 46.6 Å². The number of allylic oxidation sites excluding steroid dienone is 1. The average molecular weight is 451 g/mol. The minimum atomic E-state index is -0.208. The lowest BCUT2D eigenvalue weighted by molar-refractivity contribution is -0.0165. The molecule has 0 bridgehead atoms. The van der Waals surface area contributed by atoms with Crippen molar-refractivity contribution >= 4 is 23.5 Å². The molecule has 0 fully saturated rings. The van der Waals surface area contributed by atoms with E-state index in [1.54, 1.807) is 43.5 Å². The smallest absolute Gasteiger partial charge is 0.231 e. The number of fused-ring (bicyclic) bond motifs is 2. The van der Waals surface area contributed by atoms with Crippen LogP contribution in [0.3, 0.4) is 0 Å². The SMILES string of the molecule is COc1cccc(COc2ccc3c(c2)O/C(=C\c2cc(Cl)cc4c2OCOC4)C3=O)c1. The summed E-state index contributed by atoms with van der Waals surface area (Å²) in [6.45, 7) is 0.906. The van der Waals surface area contributed by atoms with E-state index in [1.165, 1.54) is 0 Å². The van der Waals surface area contributed by atoms with Crippen molar-refractivity contribution in [3.63, 3.8) is 0 Å². The Kier molecular flexibility index (Phi) is 5.47. The first kappa shape index (κ1) is 20.4. The van der Waals surface area contributed by atoms with Gasteiger partial charge in [0.2, 0.25) is 5.78 Å². The predicted molar refractivity (Wildman–Crippen MR) is 118 cm³/mol. The minimum Gasteiger partial charge on any atom is -0.497 e. The fourth-order valence-corrected chi connectivity index (χ4v) is 3.89. The Labute approximate surface area is 189 Å². The number of Topliss-reactive ketones (excluding diaryl/α,β-unsaturated/α-hetero) is 1. The molecule has 2 aliphatic rings. The molecule has 0 amide bonds. The van der Waals surface area contributed by atoms with E-state index < -0.39 is 0 Å². The van der Waals surface area contributed by atoms with E-state index in [0.717, 1.165) is 16.9 Å². The third-order valence-corrected chi connectivity index (χ3v) is 5.39. The number of ketones is 1. The second-order valence-corrected chi connectivity index (χ2v) is 7.77. The lowest BCUT2D eigenvalue weighted by atomic mass is 10.1. The molecule has 0 radical (unpaired) electrons. The zero-order chi connectivity index (χ0) is 22.1. The maximum absolute atomic E-state index is 12.9. The first-order chi connectivity index (χ1) is 15.6. The van der Waals surface area contributed by atoms with Crippen molar-refractivity contribution in [3.05, 3.63) is 87.6 Å². The van der Waals surface area contributed by atoms with Gasteiger partial charge in [-0.1, -0.05) is 23.7 Å². The van der Waals surface area contributed by atoms with Crippen LogP contribution in [0.1, 0.15) is 27.0 Å². The number of halogens is 1. The van der Waals surface area contributed by atoms with Crippen LogP contribution in [0.25, 0.3) is 6.08 Å². The second kappa shape index (κ2) is 8.57. The summed E-state index contributed by atoms with van der Waals surface area (Å²) < 4.78 is 27.9. The monoisotopic (exact) mass is 450 g/mol. The van der Waals surface area contributed by atoms with Gasteiger partial charge in [0.25, 0.3) is 0 Å². The number of benzene rings is 3. The standard InChI is InChI=1S/C25H19ClO6/c1-28-19-4-2-3-15(7-19)12-30-20-5-6-21-22(11-20)32-23(24(21)27)10-16-8-18(26)9-17-13-29-14-31-25(16)17/h2-11H,12-14H2,1H3/b23-10-. The van der Waals surface area contributed by atoms with Crippen molar-refractivity contribution < 1.29 is 28.5 Å². The van der Waals surface area contributed by atoms with Gasteiger partial charge >= 0.3 is 0 Å². The Bertz CT molecular complexity index is 1230. The van der Waals surface area contributed by atoms with Gasteiger partial charge in [0.15, 0.2) is 12.6 Å². The maximum atomic E-state index is 12.9. The maximum Gasteiger partial charge on any atom is 0.231 e. The number of carbonyl (C=O) groups is 1. The summed E-state index contributed by atoms with van der Waals surface area (Å²) in [6.07, 6.45) is 1.65. The summed E-state index contributed by atoms with van der Waals surface area (Å²) in [6, 6.07) is 16.3. The molecule has 2 heterocycles. The van der Waals surface area contributed by atoms with Gasteiger partial charge < -0.3 is 23.7 Å². The number of rotatable bonds is 5. The van der Waals surface area contributed by atoms with E-state index in [4.69, 9.17) is 35.3 Å². The van der Waals surface area contributed by atoms with Gasteiger partial charge in [0.1, 0.15) is 29.6 Å². The summed E-state index contributed by atoms with van der Waals surface area (Å²) in [4.78, 5) is 12.9. The van der Waals surface area contributed by atoms with Crippen molar-refractivity contribution in [2.24, 2.45) is 0 Å². The highest BCUT2D eigenvalue weighted by molar-refractivity contribution is 6.31. The lowest BCUT2D eigenvalue weighted by Crippen LogP contribution is -2.12. The van der Waals surface area contributed by atoms with E-state index >= 15 is 0 Å². The van der Waals surface area contributed by atoms with Crippen LogP contribution in [-0.2, 0) is 18.0 Å². The molecule has 162 valence electrons. The molecule has 0 saturated carbocycles. The number of methoxy groups -OCH3 is 1. The second-order valence-electron chi connectivity index (χ2n) is 7.33. The Morgan fingerprint density at radius 3 is 2.88 bits per heavy atom. The molecule has 0 aromatic heterocycles. The van der Waals surface area contributed by atoms with E-state index in [9.17, 15) is 4.79 Å². The molecule has 6 nitrogen and oxygen atoms in total. The number of hydrogen-bond donors (Lipinski definition) is 0. The molecule has 2 aliphatic heterocycles. The highest BCUT2D eigenvalue weighted by atomic mass is 35.5. The van der Waals surface area contributed by atoms with E-state index in [-0.39, 0.29) is 18.3 Å². The Morgan fingerprint density at radius 2 is 2.00 bits per heavy atom. The fraction of sp³-hybridized carbons (Fsp3) is 0.160. The molecule has 7 heteroatoms. The van der Waals surface area contributed by atoms with Gasteiger partial charge in [0.05, 0.1) is 19.3 Å². The Balaban J connectivity index is 1.37. The van der Waals surface area contributed by atoms with E-state index in [2.05, 4.69) is 0 Å². The van der Waals surface area contributed by atoms with Crippen molar-refractivity contribution in [3.8, 4) is 23.0 Å². The molecule has 0 spiro atoms. The summed E-state index contributed by atoms with van der Waals surface area (Å²) in [5.74, 6) is 2.45. The molecule has 0 unspecified atom stereocenters. The molecule has 5 rings (SSSR count). The van der Waals surface area contributed by atoms with E-state index in [1.807, 2.05) is 24.3 Å². The van der Waals surface area contributed by atoms with Crippen molar-refractivity contribution in [1.29, 1.82) is 0 Å².